The van der Waals surface area contributed by atoms with Crippen molar-refractivity contribution in [2.75, 3.05) is 59.0 Å². The number of likely N-dealkylation sites (N-methyl/N-ethyl adjacent to an activating group) is 1. The summed E-state index contributed by atoms with van der Waals surface area (Å²) in [5.74, 6) is 1.23. The van der Waals surface area contributed by atoms with Gasteiger partial charge in [0, 0.05) is 44.5 Å². The number of piperazine rings is 1. The SMILES string of the molecule is CNC(=O)COC(=O)N1CCN(c2ccc(-c3cc(OC)ccc3OC)cc2)CC1. The zero-order valence-corrected chi connectivity index (χ0v) is 17.5. The van der Waals surface area contributed by atoms with Gasteiger partial charge in [0.2, 0.25) is 0 Å². The normalized spacial score (nSPS) is 13.6. The van der Waals surface area contributed by atoms with E-state index in [0.717, 1.165) is 28.3 Å². The van der Waals surface area contributed by atoms with Crippen molar-refractivity contribution in [3.05, 3.63) is 42.5 Å². The maximum absolute atomic E-state index is 12.1. The topological polar surface area (TPSA) is 80.3 Å². The molecule has 0 radical (unpaired) electrons. The van der Waals surface area contributed by atoms with Crippen molar-refractivity contribution in [3.63, 3.8) is 0 Å². The second kappa shape index (κ2) is 9.87. The molecular formula is C22H27N3O5. The minimum atomic E-state index is -0.460. The lowest BCUT2D eigenvalue weighted by Gasteiger charge is -2.35. The van der Waals surface area contributed by atoms with Gasteiger partial charge in [-0.25, -0.2) is 4.79 Å². The molecule has 0 aromatic heterocycles. The summed E-state index contributed by atoms with van der Waals surface area (Å²) >= 11 is 0. The maximum Gasteiger partial charge on any atom is 0.410 e. The average molecular weight is 413 g/mol. The van der Waals surface area contributed by atoms with Gasteiger partial charge in [0.05, 0.1) is 14.2 Å². The van der Waals surface area contributed by atoms with E-state index in [1.54, 1.807) is 19.1 Å². The number of rotatable bonds is 6. The summed E-state index contributed by atoms with van der Waals surface area (Å²) in [4.78, 5) is 27.1. The first-order valence-electron chi connectivity index (χ1n) is 9.75. The van der Waals surface area contributed by atoms with E-state index < -0.39 is 6.09 Å². The number of methoxy groups -OCH3 is 2. The molecule has 1 heterocycles. The molecule has 30 heavy (non-hydrogen) atoms. The summed E-state index contributed by atoms with van der Waals surface area (Å²) in [6, 6.07) is 14.0. The van der Waals surface area contributed by atoms with E-state index in [2.05, 4.69) is 34.5 Å². The van der Waals surface area contributed by atoms with Gasteiger partial charge in [0.15, 0.2) is 6.61 Å². The largest absolute Gasteiger partial charge is 0.497 e. The van der Waals surface area contributed by atoms with Crippen LogP contribution in [-0.2, 0) is 9.53 Å². The first-order valence-corrected chi connectivity index (χ1v) is 9.75. The second-order valence-electron chi connectivity index (χ2n) is 6.81. The lowest BCUT2D eigenvalue weighted by Crippen LogP contribution is -2.49. The van der Waals surface area contributed by atoms with Crippen LogP contribution in [0.25, 0.3) is 11.1 Å². The highest BCUT2D eigenvalue weighted by molar-refractivity contribution is 5.80. The quantitative estimate of drug-likeness (QED) is 0.783. The van der Waals surface area contributed by atoms with Crippen LogP contribution in [0.2, 0.25) is 0 Å². The fourth-order valence-corrected chi connectivity index (χ4v) is 3.33. The molecule has 0 atom stereocenters. The zero-order chi connectivity index (χ0) is 21.5. The van der Waals surface area contributed by atoms with Crippen molar-refractivity contribution in [2.24, 2.45) is 0 Å². The summed E-state index contributed by atoms with van der Waals surface area (Å²) in [5, 5.41) is 2.42. The summed E-state index contributed by atoms with van der Waals surface area (Å²) < 4.78 is 15.8. The zero-order valence-electron chi connectivity index (χ0n) is 17.5. The number of anilines is 1. The number of ether oxygens (including phenoxy) is 3. The van der Waals surface area contributed by atoms with Crippen molar-refractivity contribution in [1.82, 2.24) is 10.2 Å². The molecule has 1 aliphatic heterocycles. The first kappa shape index (κ1) is 21.3. The molecule has 2 aromatic carbocycles. The third kappa shape index (κ3) is 4.94. The third-order valence-corrected chi connectivity index (χ3v) is 5.09. The Balaban J connectivity index is 1.62. The summed E-state index contributed by atoms with van der Waals surface area (Å²) in [7, 11) is 4.80. The fourth-order valence-electron chi connectivity index (χ4n) is 3.33. The van der Waals surface area contributed by atoms with Crippen molar-refractivity contribution in [1.29, 1.82) is 0 Å². The third-order valence-electron chi connectivity index (χ3n) is 5.09. The second-order valence-corrected chi connectivity index (χ2v) is 6.81. The van der Waals surface area contributed by atoms with E-state index in [9.17, 15) is 9.59 Å². The molecule has 0 aliphatic carbocycles. The Morgan fingerprint density at radius 1 is 0.967 bits per heavy atom. The van der Waals surface area contributed by atoms with Gasteiger partial charge in [0.1, 0.15) is 11.5 Å². The highest BCUT2D eigenvalue weighted by Crippen LogP contribution is 2.34. The molecule has 1 fully saturated rings. The molecule has 0 saturated carbocycles. The van der Waals surface area contributed by atoms with E-state index in [-0.39, 0.29) is 12.5 Å². The summed E-state index contributed by atoms with van der Waals surface area (Å²) in [6.07, 6.45) is -0.460. The minimum Gasteiger partial charge on any atom is -0.497 e. The molecule has 0 spiro atoms. The van der Waals surface area contributed by atoms with Crippen LogP contribution in [0.4, 0.5) is 10.5 Å². The van der Waals surface area contributed by atoms with Gasteiger partial charge in [-0.05, 0) is 35.9 Å². The molecule has 1 aliphatic rings. The predicted molar refractivity (Wildman–Crippen MR) is 114 cm³/mol. The number of carbonyl (C=O) groups excluding carboxylic acids is 2. The van der Waals surface area contributed by atoms with Crippen LogP contribution in [0, 0.1) is 0 Å². The van der Waals surface area contributed by atoms with Crippen LogP contribution in [0.5, 0.6) is 11.5 Å². The van der Waals surface area contributed by atoms with E-state index in [0.29, 0.717) is 26.2 Å². The highest BCUT2D eigenvalue weighted by Gasteiger charge is 2.23. The van der Waals surface area contributed by atoms with Crippen LogP contribution >= 0.6 is 0 Å². The van der Waals surface area contributed by atoms with Gasteiger partial charge >= 0.3 is 6.09 Å². The van der Waals surface area contributed by atoms with Crippen molar-refractivity contribution < 1.29 is 23.8 Å². The Labute approximate surface area is 176 Å². The molecule has 2 amide bonds. The fraction of sp³-hybridized carbons (Fsp3) is 0.364. The lowest BCUT2D eigenvalue weighted by molar-refractivity contribution is -0.123. The maximum atomic E-state index is 12.1. The Bertz CT molecular complexity index is 877. The molecule has 3 rings (SSSR count). The van der Waals surface area contributed by atoms with Crippen LogP contribution in [0.15, 0.2) is 42.5 Å². The molecule has 8 nitrogen and oxygen atoms in total. The number of carbonyl (C=O) groups is 2. The first-order chi connectivity index (χ1) is 14.5. The van der Waals surface area contributed by atoms with Crippen molar-refractivity contribution in [2.45, 2.75) is 0 Å². The van der Waals surface area contributed by atoms with Gasteiger partial charge in [0.25, 0.3) is 5.91 Å². The average Bonchev–Trinajstić information content (AvgIpc) is 2.82. The highest BCUT2D eigenvalue weighted by atomic mass is 16.6. The molecule has 0 unspecified atom stereocenters. The van der Waals surface area contributed by atoms with Crippen molar-refractivity contribution in [3.8, 4) is 22.6 Å². The number of hydrogen-bond donors (Lipinski definition) is 1. The molecule has 0 bridgehead atoms. The molecule has 1 saturated heterocycles. The Morgan fingerprint density at radius 3 is 2.27 bits per heavy atom. The molecule has 8 heteroatoms. The van der Waals surface area contributed by atoms with Crippen LogP contribution in [-0.4, -0.2) is 71.0 Å². The molecular weight excluding hydrogens is 386 g/mol. The van der Waals surface area contributed by atoms with Gasteiger partial charge in [-0.3, -0.25) is 4.79 Å². The number of nitrogens with zero attached hydrogens (tertiary/aromatic N) is 2. The van der Waals surface area contributed by atoms with E-state index >= 15 is 0 Å². The Morgan fingerprint density at radius 2 is 1.67 bits per heavy atom. The van der Waals surface area contributed by atoms with Crippen molar-refractivity contribution >= 4 is 17.7 Å². The van der Waals surface area contributed by atoms with Gasteiger partial charge < -0.3 is 29.3 Å². The van der Waals surface area contributed by atoms with E-state index in [4.69, 9.17) is 14.2 Å². The monoisotopic (exact) mass is 413 g/mol. The van der Waals surface area contributed by atoms with Crippen LogP contribution < -0.4 is 19.7 Å². The lowest BCUT2D eigenvalue weighted by atomic mass is 10.0. The Kier molecular flexibility index (Phi) is 7.00. The van der Waals surface area contributed by atoms with Gasteiger partial charge in [-0.1, -0.05) is 12.1 Å². The number of hydrogen-bond acceptors (Lipinski definition) is 6. The predicted octanol–water partition coefficient (Wildman–Crippen LogP) is 2.38. The van der Waals surface area contributed by atoms with Crippen LogP contribution in [0.3, 0.4) is 0 Å². The minimum absolute atomic E-state index is 0.259. The summed E-state index contributed by atoms with van der Waals surface area (Å²) in [6.45, 7) is 2.20. The van der Waals surface area contributed by atoms with Crippen LogP contribution in [0.1, 0.15) is 0 Å². The van der Waals surface area contributed by atoms with E-state index in [1.165, 1.54) is 7.05 Å². The molecule has 2 aromatic rings. The standard InChI is InChI=1S/C22H27N3O5/c1-23-21(26)15-30-22(27)25-12-10-24(11-13-25)17-6-4-16(5-7-17)19-14-18(28-2)8-9-20(19)29-3/h4-9,14H,10-13,15H2,1-3H3,(H,23,26). The van der Waals surface area contributed by atoms with Gasteiger partial charge in [-0.2, -0.15) is 0 Å². The smallest absolute Gasteiger partial charge is 0.410 e. The number of benzene rings is 2. The molecule has 160 valence electrons. The molecule has 1 N–H and O–H groups in total. The Hall–Kier alpha value is -3.42. The van der Waals surface area contributed by atoms with E-state index in [1.807, 2.05) is 18.2 Å². The number of amides is 2. The van der Waals surface area contributed by atoms with Gasteiger partial charge in [-0.15, -0.1) is 0 Å². The summed E-state index contributed by atoms with van der Waals surface area (Å²) in [5.41, 5.74) is 3.08. The number of nitrogens with one attached hydrogen (secondary N) is 1.